The minimum atomic E-state index is -0.321. The van der Waals surface area contributed by atoms with Gasteiger partial charge in [-0.1, -0.05) is 24.4 Å². The van der Waals surface area contributed by atoms with Crippen LogP contribution in [0.4, 0.5) is 4.39 Å². The quantitative estimate of drug-likeness (QED) is 0.873. The molecule has 2 rings (SSSR count). The Hall–Kier alpha value is -0.640. The van der Waals surface area contributed by atoms with E-state index in [9.17, 15) is 9.50 Å². The van der Waals surface area contributed by atoms with E-state index in [1.165, 1.54) is 12.1 Å². The highest BCUT2D eigenvalue weighted by molar-refractivity contribution is 6.30. The maximum atomic E-state index is 13.1. The van der Waals surface area contributed by atoms with Crippen LogP contribution in [0.5, 0.6) is 0 Å². The molecule has 94 valence electrons. The fourth-order valence-corrected chi connectivity index (χ4v) is 2.56. The summed E-state index contributed by atoms with van der Waals surface area (Å²) in [5, 5.41) is 13.5. The highest BCUT2D eigenvalue weighted by Gasteiger charge is 2.22. The third kappa shape index (κ3) is 3.66. The molecule has 2 atom stereocenters. The van der Waals surface area contributed by atoms with Crippen LogP contribution in [0.2, 0.25) is 5.02 Å². The lowest BCUT2D eigenvalue weighted by Gasteiger charge is -2.28. The van der Waals surface area contributed by atoms with E-state index >= 15 is 0 Å². The molecule has 0 spiro atoms. The molecule has 1 saturated carbocycles. The normalized spacial score (nSPS) is 24.9. The van der Waals surface area contributed by atoms with E-state index in [0.717, 1.165) is 31.2 Å². The number of hydrogen-bond acceptors (Lipinski definition) is 2. The van der Waals surface area contributed by atoms with Gasteiger partial charge in [0, 0.05) is 17.6 Å². The van der Waals surface area contributed by atoms with Gasteiger partial charge in [0.2, 0.25) is 0 Å². The van der Waals surface area contributed by atoms with E-state index in [0.29, 0.717) is 11.6 Å². The summed E-state index contributed by atoms with van der Waals surface area (Å²) in [6.45, 7) is 0.541. The van der Waals surface area contributed by atoms with Crippen LogP contribution in [0.25, 0.3) is 0 Å². The van der Waals surface area contributed by atoms with E-state index < -0.39 is 0 Å². The summed E-state index contributed by atoms with van der Waals surface area (Å²) in [5.74, 6) is -0.321. The van der Waals surface area contributed by atoms with Gasteiger partial charge in [0.15, 0.2) is 0 Å². The SMILES string of the molecule is OC1CCCCC1NCc1cc(F)cc(Cl)c1. The number of rotatable bonds is 3. The van der Waals surface area contributed by atoms with Gasteiger partial charge in [0.25, 0.3) is 0 Å². The second-order valence-electron chi connectivity index (χ2n) is 4.62. The number of aliphatic hydroxyl groups excluding tert-OH is 1. The van der Waals surface area contributed by atoms with E-state index in [1.807, 2.05) is 0 Å². The largest absolute Gasteiger partial charge is 0.392 e. The molecule has 1 aliphatic carbocycles. The highest BCUT2D eigenvalue weighted by Crippen LogP contribution is 2.19. The standard InChI is InChI=1S/C13H17ClFNO/c14-10-5-9(6-11(15)7-10)8-16-12-3-1-2-4-13(12)17/h5-7,12-13,16-17H,1-4,8H2. The first-order valence-electron chi connectivity index (χ1n) is 6.01. The van der Waals surface area contributed by atoms with Crippen LogP contribution in [-0.2, 0) is 6.54 Å². The fourth-order valence-electron chi connectivity index (χ4n) is 2.31. The zero-order chi connectivity index (χ0) is 12.3. The molecule has 1 aromatic carbocycles. The molecule has 1 aliphatic rings. The van der Waals surface area contributed by atoms with Crippen LogP contribution < -0.4 is 5.32 Å². The minimum absolute atomic E-state index is 0.116. The molecule has 1 fully saturated rings. The zero-order valence-corrected chi connectivity index (χ0v) is 10.4. The predicted molar refractivity (Wildman–Crippen MR) is 66.5 cm³/mol. The smallest absolute Gasteiger partial charge is 0.125 e. The van der Waals surface area contributed by atoms with Gasteiger partial charge >= 0.3 is 0 Å². The van der Waals surface area contributed by atoms with Crippen molar-refractivity contribution in [3.05, 3.63) is 34.6 Å². The van der Waals surface area contributed by atoms with Gasteiger partial charge in [-0.25, -0.2) is 4.39 Å². The second kappa shape index (κ2) is 5.80. The highest BCUT2D eigenvalue weighted by atomic mass is 35.5. The second-order valence-corrected chi connectivity index (χ2v) is 5.05. The fraction of sp³-hybridized carbons (Fsp3) is 0.538. The van der Waals surface area contributed by atoms with Crippen molar-refractivity contribution in [1.82, 2.24) is 5.32 Å². The molecule has 4 heteroatoms. The summed E-state index contributed by atoms with van der Waals surface area (Å²) in [6.07, 6.45) is 3.77. The number of halogens is 2. The maximum absolute atomic E-state index is 13.1. The third-order valence-corrected chi connectivity index (χ3v) is 3.44. The Morgan fingerprint density at radius 1 is 1.29 bits per heavy atom. The van der Waals surface area contributed by atoms with Crippen molar-refractivity contribution in [2.45, 2.75) is 44.4 Å². The van der Waals surface area contributed by atoms with Gasteiger partial charge in [-0.3, -0.25) is 0 Å². The van der Waals surface area contributed by atoms with Crippen LogP contribution in [0.3, 0.4) is 0 Å². The molecule has 2 N–H and O–H groups in total. The Morgan fingerprint density at radius 3 is 2.76 bits per heavy atom. The minimum Gasteiger partial charge on any atom is -0.392 e. The maximum Gasteiger partial charge on any atom is 0.125 e. The summed E-state index contributed by atoms with van der Waals surface area (Å²) >= 11 is 5.78. The van der Waals surface area contributed by atoms with Crippen molar-refractivity contribution in [2.24, 2.45) is 0 Å². The molecule has 0 radical (unpaired) electrons. The first kappa shape index (κ1) is 12.8. The summed E-state index contributed by atoms with van der Waals surface area (Å²) in [7, 11) is 0. The molecular weight excluding hydrogens is 241 g/mol. The Labute approximate surface area is 106 Å². The van der Waals surface area contributed by atoms with Crippen molar-refractivity contribution >= 4 is 11.6 Å². The van der Waals surface area contributed by atoms with Gasteiger partial charge in [-0.15, -0.1) is 0 Å². The van der Waals surface area contributed by atoms with Gasteiger partial charge in [0.05, 0.1) is 6.10 Å². The lowest BCUT2D eigenvalue weighted by Crippen LogP contribution is -2.41. The number of aliphatic hydroxyl groups is 1. The topological polar surface area (TPSA) is 32.3 Å². The average Bonchev–Trinajstić information content (AvgIpc) is 2.27. The Balaban J connectivity index is 1.92. The third-order valence-electron chi connectivity index (χ3n) is 3.22. The molecule has 17 heavy (non-hydrogen) atoms. The zero-order valence-electron chi connectivity index (χ0n) is 9.63. The first-order valence-corrected chi connectivity index (χ1v) is 6.39. The van der Waals surface area contributed by atoms with Crippen LogP contribution in [0.1, 0.15) is 31.2 Å². The molecule has 2 nitrogen and oxygen atoms in total. The monoisotopic (exact) mass is 257 g/mol. The molecule has 0 heterocycles. The van der Waals surface area contributed by atoms with Crippen molar-refractivity contribution in [1.29, 1.82) is 0 Å². The molecule has 0 saturated heterocycles. The number of benzene rings is 1. The van der Waals surface area contributed by atoms with E-state index in [-0.39, 0.29) is 18.0 Å². The van der Waals surface area contributed by atoms with Crippen LogP contribution >= 0.6 is 11.6 Å². The molecule has 0 aromatic heterocycles. The van der Waals surface area contributed by atoms with Crippen molar-refractivity contribution in [3.63, 3.8) is 0 Å². The van der Waals surface area contributed by atoms with Crippen molar-refractivity contribution in [3.8, 4) is 0 Å². The van der Waals surface area contributed by atoms with Gasteiger partial charge < -0.3 is 10.4 Å². The molecule has 0 aliphatic heterocycles. The lowest BCUT2D eigenvalue weighted by molar-refractivity contribution is 0.0902. The van der Waals surface area contributed by atoms with Crippen molar-refractivity contribution in [2.75, 3.05) is 0 Å². The van der Waals surface area contributed by atoms with Crippen LogP contribution in [0.15, 0.2) is 18.2 Å². The average molecular weight is 258 g/mol. The van der Waals surface area contributed by atoms with E-state index in [2.05, 4.69) is 5.32 Å². The number of nitrogens with one attached hydrogen (secondary N) is 1. The Bertz CT molecular complexity index is 365. The molecule has 2 unspecified atom stereocenters. The summed E-state index contributed by atoms with van der Waals surface area (Å²) in [5.41, 5.74) is 0.813. The van der Waals surface area contributed by atoms with Crippen LogP contribution in [-0.4, -0.2) is 17.3 Å². The van der Waals surface area contributed by atoms with E-state index in [1.54, 1.807) is 6.07 Å². The van der Waals surface area contributed by atoms with E-state index in [4.69, 9.17) is 11.6 Å². The number of hydrogen-bond donors (Lipinski definition) is 2. The molecular formula is C13H17ClFNO. The first-order chi connectivity index (χ1) is 8.15. The van der Waals surface area contributed by atoms with Gasteiger partial charge in [-0.05, 0) is 36.6 Å². The van der Waals surface area contributed by atoms with Crippen LogP contribution in [0, 0.1) is 5.82 Å². The lowest BCUT2D eigenvalue weighted by atomic mass is 9.92. The van der Waals surface area contributed by atoms with Crippen molar-refractivity contribution < 1.29 is 9.50 Å². The molecule has 1 aromatic rings. The van der Waals surface area contributed by atoms with Gasteiger partial charge in [-0.2, -0.15) is 0 Å². The van der Waals surface area contributed by atoms with Gasteiger partial charge in [0.1, 0.15) is 5.82 Å². The molecule has 0 bridgehead atoms. The Kier molecular flexibility index (Phi) is 4.37. The Morgan fingerprint density at radius 2 is 2.06 bits per heavy atom. The predicted octanol–water partition coefficient (Wildman–Crippen LogP) is 2.87. The molecule has 0 amide bonds. The summed E-state index contributed by atoms with van der Waals surface area (Å²) < 4.78 is 13.1. The summed E-state index contributed by atoms with van der Waals surface area (Å²) in [6, 6.07) is 4.62. The summed E-state index contributed by atoms with van der Waals surface area (Å²) in [4.78, 5) is 0.